The second-order valence-corrected chi connectivity index (χ2v) is 4.81. The summed E-state index contributed by atoms with van der Waals surface area (Å²) in [5, 5.41) is 0. The molecule has 0 saturated heterocycles. The highest BCUT2D eigenvalue weighted by molar-refractivity contribution is 6.02. The summed E-state index contributed by atoms with van der Waals surface area (Å²) in [5.74, 6) is 0.632. The third-order valence-corrected chi connectivity index (χ3v) is 3.50. The predicted molar refractivity (Wildman–Crippen MR) is 82.3 cm³/mol. The fourth-order valence-corrected chi connectivity index (χ4v) is 2.38. The summed E-state index contributed by atoms with van der Waals surface area (Å²) in [6, 6.07) is 11.8. The SMILES string of the molecule is COc1cc(-c2ccc(N3CCC=CC3=O)cc2)ccn1. The minimum absolute atomic E-state index is 0.0413. The number of rotatable bonds is 3. The van der Waals surface area contributed by atoms with Crippen LogP contribution < -0.4 is 9.64 Å². The van der Waals surface area contributed by atoms with Crippen molar-refractivity contribution in [2.24, 2.45) is 0 Å². The fraction of sp³-hybridized carbons (Fsp3) is 0.176. The molecular formula is C17H16N2O2. The molecule has 1 aliphatic heterocycles. The van der Waals surface area contributed by atoms with Gasteiger partial charge in [-0.1, -0.05) is 18.2 Å². The Morgan fingerprint density at radius 2 is 1.95 bits per heavy atom. The molecule has 1 aromatic heterocycles. The van der Waals surface area contributed by atoms with E-state index in [1.165, 1.54) is 0 Å². The highest BCUT2D eigenvalue weighted by atomic mass is 16.5. The fourth-order valence-electron chi connectivity index (χ4n) is 2.38. The molecule has 3 rings (SSSR count). The first kappa shape index (κ1) is 13.4. The normalized spacial score (nSPS) is 14.3. The molecule has 0 N–H and O–H groups in total. The van der Waals surface area contributed by atoms with Crippen LogP contribution in [0.15, 0.2) is 54.7 Å². The van der Waals surface area contributed by atoms with E-state index in [-0.39, 0.29) is 5.91 Å². The summed E-state index contributed by atoms with van der Waals surface area (Å²) in [5.41, 5.74) is 3.03. The van der Waals surface area contributed by atoms with Crippen LogP contribution >= 0.6 is 0 Å². The molecule has 4 heteroatoms. The molecule has 1 aromatic carbocycles. The first-order valence-electron chi connectivity index (χ1n) is 6.86. The van der Waals surface area contributed by atoms with Gasteiger partial charge in [-0.3, -0.25) is 4.79 Å². The summed E-state index contributed by atoms with van der Waals surface area (Å²) < 4.78 is 5.14. The number of anilines is 1. The third kappa shape index (κ3) is 2.79. The molecule has 0 radical (unpaired) electrons. The number of ether oxygens (including phenoxy) is 1. The molecule has 0 saturated carbocycles. The molecule has 4 nitrogen and oxygen atoms in total. The lowest BCUT2D eigenvalue weighted by Crippen LogP contribution is -2.32. The van der Waals surface area contributed by atoms with Gasteiger partial charge >= 0.3 is 0 Å². The summed E-state index contributed by atoms with van der Waals surface area (Å²) in [6.45, 7) is 0.734. The van der Waals surface area contributed by atoms with Crippen molar-refractivity contribution >= 4 is 11.6 Å². The van der Waals surface area contributed by atoms with Crippen molar-refractivity contribution in [2.75, 3.05) is 18.6 Å². The zero-order valence-electron chi connectivity index (χ0n) is 11.8. The van der Waals surface area contributed by atoms with Crippen LogP contribution in [0.2, 0.25) is 0 Å². The van der Waals surface area contributed by atoms with Crippen LogP contribution in [0.1, 0.15) is 6.42 Å². The number of amides is 1. The number of carbonyl (C=O) groups excluding carboxylic acids is 1. The van der Waals surface area contributed by atoms with E-state index in [1.807, 2.05) is 42.5 Å². The Morgan fingerprint density at radius 3 is 2.67 bits per heavy atom. The predicted octanol–water partition coefficient (Wildman–Crippen LogP) is 3.05. The second kappa shape index (κ2) is 5.79. The third-order valence-electron chi connectivity index (χ3n) is 3.50. The molecule has 0 fully saturated rings. The molecule has 106 valence electrons. The molecule has 1 aliphatic rings. The number of hydrogen-bond acceptors (Lipinski definition) is 3. The zero-order valence-corrected chi connectivity index (χ0v) is 11.8. The molecule has 2 aromatic rings. The van der Waals surface area contributed by atoms with E-state index in [1.54, 1.807) is 24.3 Å². The lowest BCUT2D eigenvalue weighted by molar-refractivity contribution is -0.114. The Labute approximate surface area is 123 Å². The molecule has 0 unspecified atom stereocenters. The zero-order chi connectivity index (χ0) is 14.7. The largest absolute Gasteiger partial charge is 0.481 e. The Morgan fingerprint density at radius 1 is 1.14 bits per heavy atom. The van der Waals surface area contributed by atoms with Crippen LogP contribution in [0.5, 0.6) is 5.88 Å². The van der Waals surface area contributed by atoms with Gasteiger partial charge in [-0.05, 0) is 41.8 Å². The summed E-state index contributed by atoms with van der Waals surface area (Å²) in [6.07, 6.45) is 6.16. The number of methoxy groups -OCH3 is 1. The molecule has 21 heavy (non-hydrogen) atoms. The monoisotopic (exact) mass is 280 g/mol. The van der Waals surface area contributed by atoms with E-state index in [4.69, 9.17) is 4.74 Å². The highest BCUT2D eigenvalue weighted by Crippen LogP contribution is 2.25. The van der Waals surface area contributed by atoms with Crippen molar-refractivity contribution in [2.45, 2.75) is 6.42 Å². The Bertz CT molecular complexity index is 677. The van der Waals surface area contributed by atoms with Crippen LogP contribution in [-0.2, 0) is 4.79 Å². The first-order valence-corrected chi connectivity index (χ1v) is 6.86. The molecule has 0 aliphatic carbocycles. The van der Waals surface area contributed by atoms with Crippen molar-refractivity contribution in [1.29, 1.82) is 0 Å². The Balaban J connectivity index is 1.86. The van der Waals surface area contributed by atoms with Gasteiger partial charge in [0.05, 0.1) is 7.11 Å². The second-order valence-electron chi connectivity index (χ2n) is 4.81. The van der Waals surface area contributed by atoms with Gasteiger partial charge in [0.25, 0.3) is 5.91 Å². The maximum absolute atomic E-state index is 11.8. The van der Waals surface area contributed by atoms with Crippen molar-refractivity contribution in [3.63, 3.8) is 0 Å². The molecule has 0 spiro atoms. The lowest BCUT2D eigenvalue weighted by atomic mass is 10.1. The Hall–Kier alpha value is -2.62. The number of aromatic nitrogens is 1. The van der Waals surface area contributed by atoms with E-state index in [2.05, 4.69) is 4.98 Å². The van der Waals surface area contributed by atoms with Gasteiger partial charge in [0.1, 0.15) is 0 Å². The van der Waals surface area contributed by atoms with Crippen LogP contribution in [-0.4, -0.2) is 24.5 Å². The van der Waals surface area contributed by atoms with Gasteiger partial charge in [0.15, 0.2) is 0 Å². The number of nitrogens with zero attached hydrogens (tertiary/aromatic N) is 2. The van der Waals surface area contributed by atoms with E-state index < -0.39 is 0 Å². The van der Waals surface area contributed by atoms with Gasteiger partial charge in [-0.15, -0.1) is 0 Å². The van der Waals surface area contributed by atoms with Crippen molar-refractivity contribution in [3.05, 3.63) is 54.7 Å². The van der Waals surface area contributed by atoms with E-state index in [9.17, 15) is 4.79 Å². The minimum Gasteiger partial charge on any atom is -0.481 e. The van der Waals surface area contributed by atoms with Crippen LogP contribution in [0.25, 0.3) is 11.1 Å². The Kier molecular flexibility index (Phi) is 3.69. The number of pyridine rings is 1. The van der Waals surface area contributed by atoms with E-state index >= 15 is 0 Å². The number of hydrogen-bond donors (Lipinski definition) is 0. The van der Waals surface area contributed by atoms with Crippen LogP contribution in [0.4, 0.5) is 5.69 Å². The highest BCUT2D eigenvalue weighted by Gasteiger charge is 2.15. The van der Waals surface area contributed by atoms with Crippen LogP contribution in [0, 0.1) is 0 Å². The summed E-state index contributed by atoms with van der Waals surface area (Å²) in [4.78, 5) is 17.7. The number of carbonyl (C=O) groups is 1. The van der Waals surface area contributed by atoms with Gasteiger partial charge in [-0.25, -0.2) is 4.98 Å². The smallest absolute Gasteiger partial charge is 0.250 e. The molecule has 0 bridgehead atoms. The van der Waals surface area contributed by atoms with Crippen molar-refractivity contribution in [1.82, 2.24) is 4.98 Å². The van der Waals surface area contributed by atoms with E-state index in [0.717, 1.165) is 29.8 Å². The van der Waals surface area contributed by atoms with Gasteiger partial charge in [-0.2, -0.15) is 0 Å². The van der Waals surface area contributed by atoms with Crippen LogP contribution in [0.3, 0.4) is 0 Å². The van der Waals surface area contributed by atoms with Crippen molar-refractivity contribution in [3.8, 4) is 17.0 Å². The van der Waals surface area contributed by atoms with E-state index in [0.29, 0.717) is 5.88 Å². The minimum atomic E-state index is 0.0413. The quantitative estimate of drug-likeness (QED) is 0.867. The maximum Gasteiger partial charge on any atom is 0.250 e. The van der Waals surface area contributed by atoms with Gasteiger partial charge < -0.3 is 9.64 Å². The maximum atomic E-state index is 11.8. The summed E-state index contributed by atoms with van der Waals surface area (Å²) in [7, 11) is 1.60. The average Bonchev–Trinajstić information content (AvgIpc) is 2.56. The van der Waals surface area contributed by atoms with Gasteiger partial charge in [0, 0.05) is 24.5 Å². The first-order chi connectivity index (χ1) is 10.3. The lowest BCUT2D eigenvalue weighted by Gasteiger charge is -2.23. The molecule has 2 heterocycles. The van der Waals surface area contributed by atoms with Gasteiger partial charge in [0.2, 0.25) is 5.88 Å². The standard InChI is InChI=1S/C17H16N2O2/c1-21-16-12-14(9-10-18-16)13-5-7-15(8-6-13)19-11-3-2-4-17(19)20/h2,4-10,12H,3,11H2,1H3. The van der Waals surface area contributed by atoms with Crippen molar-refractivity contribution < 1.29 is 9.53 Å². The molecular weight excluding hydrogens is 264 g/mol. The summed E-state index contributed by atoms with van der Waals surface area (Å²) >= 11 is 0. The topological polar surface area (TPSA) is 42.4 Å². The molecule has 1 amide bonds. The number of benzene rings is 1. The average molecular weight is 280 g/mol. The molecule has 0 atom stereocenters.